The molecule has 0 radical (unpaired) electrons. The maximum Gasteiger partial charge on any atom is 0.355 e. The van der Waals surface area contributed by atoms with Crippen molar-refractivity contribution in [1.29, 1.82) is 0 Å². The van der Waals surface area contributed by atoms with Crippen molar-refractivity contribution in [3.8, 4) is 0 Å². The molecular weight excluding hydrogens is 244 g/mol. The van der Waals surface area contributed by atoms with Gasteiger partial charge in [0.2, 0.25) is 0 Å². The van der Waals surface area contributed by atoms with E-state index in [0.29, 0.717) is 5.13 Å². The summed E-state index contributed by atoms with van der Waals surface area (Å²) in [6.07, 6.45) is 0. The zero-order valence-electron chi connectivity index (χ0n) is 8.93. The van der Waals surface area contributed by atoms with E-state index in [1.165, 1.54) is 16.7 Å². The lowest BCUT2D eigenvalue weighted by Crippen LogP contribution is -1.96. The molecule has 6 heteroatoms. The van der Waals surface area contributed by atoms with Crippen molar-refractivity contribution >= 4 is 39.5 Å². The first-order chi connectivity index (χ1) is 7.75. The fraction of sp³-hybridized carbons (Fsp3) is 0.200. The number of carboxylic acid groups (broad SMARTS) is 1. The van der Waals surface area contributed by atoms with E-state index in [-0.39, 0.29) is 5.69 Å². The van der Waals surface area contributed by atoms with Crippen LogP contribution in [0.25, 0.3) is 0 Å². The first kappa shape index (κ1) is 12.7. The lowest BCUT2D eigenvalue weighted by Gasteiger charge is -1.95. The van der Waals surface area contributed by atoms with Gasteiger partial charge in [-0.15, -0.1) is 11.3 Å². The molecule has 2 aromatic rings. The van der Waals surface area contributed by atoms with Gasteiger partial charge in [-0.2, -0.15) is 11.3 Å². The molecule has 2 aromatic heterocycles. The highest BCUT2D eigenvalue weighted by Gasteiger charge is 2.08. The molecule has 2 rings (SSSR count). The molecule has 0 bridgehead atoms. The van der Waals surface area contributed by atoms with Gasteiger partial charge < -0.3 is 10.4 Å². The lowest BCUT2D eigenvalue weighted by atomic mass is 10.5. The Kier molecular flexibility index (Phi) is 4.94. The van der Waals surface area contributed by atoms with Crippen molar-refractivity contribution in [2.45, 2.75) is 13.8 Å². The molecular formula is C10H12N2O2S2. The van der Waals surface area contributed by atoms with E-state index in [1.807, 2.05) is 30.7 Å². The molecule has 0 aliphatic rings. The maximum absolute atomic E-state index is 10.5. The predicted molar refractivity (Wildman–Crippen MR) is 68.0 cm³/mol. The number of nitrogens with zero attached hydrogens (tertiary/aromatic N) is 1. The molecule has 0 unspecified atom stereocenters. The van der Waals surface area contributed by atoms with Gasteiger partial charge in [0.15, 0.2) is 10.8 Å². The number of thiazole rings is 1. The minimum absolute atomic E-state index is 0.0766. The topological polar surface area (TPSA) is 62.2 Å². The third-order valence-electron chi connectivity index (χ3n) is 1.50. The van der Waals surface area contributed by atoms with Crippen LogP contribution in [0.2, 0.25) is 0 Å². The van der Waals surface area contributed by atoms with Crippen molar-refractivity contribution < 1.29 is 9.90 Å². The molecule has 0 fully saturated rings. The van der Waals surface area contributed by atoms with Crippen LogP contribution in [0.3, 0.4) is 0 Å². The van der Waals surface area contributed by atoms with Gasteiger partial charge in [0, 0.05) is 10.8 Å². The number of hydrogen-bond acceptors (Lipinski definition) is 5. The number of nitrogens with one attached hydrogen (secondary N) is 1. The average Bonchev–Trinajstić information content (AvgIpc) is 2.92. The summed E-state index contributed by atoms with van der Waals surface area (Å²) in [5.41, 5.74) is 1.01. The van der Waals surface area contributed by atoms with Crippen LogP contribution < -0.4 is 5.32 Å². The molecule has 86 valence electrons. The van der Waals surface area contributed by atoms with Crippen LogP contribution in [0.1, 0.15) is 24.3 Å². The van der Waals surface area contributed by atoms with Crippen molar-refractivity contribution in [1.82, 2.24) is 4.98 Å². The number of hydrogen-bond donors (Lipinski definition) is 2. The number of aromatic carboxylic acids is 1. The number of carbonyl (C=O) groups is 1. The monoisotopic (exact) mass is 256 g/mol. The minimum Gasteiger partial charge on any atom is -0.476 e. The Morgan fingerprint density at radius 1 is 1.44 bits per heavy atom. The fourth-order valence-corrected chi connectivity index (χ4v) is 2.18. The fourth-order valence-electron chi connectivity index (χ4n) is 0.888. The van der Waals surface area contributed by atoms with Gasteiger partial charge in [-0.25, -0.2) is 9.78 Å². The highest BCUT2D eigenvalue weighted by Crippen LogP contribution is 2.22. The van der Waals surface area contributed by atoms with Crippen LogP contribution in [0.15, 0.2) is 22.2 Å². The van der Waals surface area contributed by atoms with E-state index in [0.717, 1.165) is 5.69 Å². The summed E-state index contributed by atoms with van der Waals surface area (Å²) < 4.78 is 0. The summed E-state index contributed by atoms with van der Waals surface area (Å²) in [6.45, 7) is 4.00. The zero-order valence-corrected chi connectivity index (χ0v) is 10.6. The number of carboxylic acids is 1. The molecule has 0 atom stereocenters. The van der Waals surface area contributed by atoms with Gasteiger partial charge in [-0.05, 0) is 11.4 Å². The molecule has 0 saturated heterocycles. The highest BCUT2D eigenvalue weighted by atomic mass is 32.1. The van der Waals surface area contributed by atoms with E-state index in [4.69, 9.17) is 5.11 Å². The van der Waals surface area contributed by atoms with Crippen LogP contribution in [0, 0.1) is 0 Å². The first-order valence-corrected chi connectivity index (χ1v) is 6.56. The smallest absolute Gasteiger partial charge is 0.355 e. The second-order valence-corrected chi connectivity index (χ2v) is 4.12. The molecule has 0 spiro atoms. The Morgan fingerprint density at radius 3 is 2.69 bits per heavy atom. The van der Waals surface area contributed by atoms with Crippen molar-refractivity contribution in [3.63, 3.8) is 0 Å². The normalized spacial score (nSPS) is 9.12. The van der Waals surface area contributed by atoms with Crippen LogP contribution in [-0.4, -0.2) is 16.1 Å². The molecule has 0 amide bonds. The quantitative estimate of drug-likeness (QED) is 0.879. The Hall–Kier alpha value is -1.40. The summed E-state index contributed by atoms with van der Waals surface area (Å²) in [7, 11) is 0. The van der Waals surface area contributed by atoms with E-state index in [1.54, 1.807) is 11.3 Å². The van der Waals surface area contributed by atoms with Crippen molar-refractivity contribution in [2.75, 3.05) is 5.32 Å². The molecule has 0 aliphatic carbocycles. The first-order valence-electron chi connectivity index (χ1n) is 4.74. The summed E-state index contributed by atoms with van der Waals surface area (Å²) in [5, 5.41) is 17.6. The van der Waals surface area contributed by atoms with Crippen molar-refractivity contribution in [2.24, 2.45) is 0 Å². The number of aromatic nitrogens is 1. The Morgan fingerprint density at radius 2 is 2.19 bits per heavy atom. The second kappa shape index (κ2) is 6.24. The number of anilines is 2. The lowest BCUT2D eigenvalue weighted by molar-refractivity contribution is 0.0691. The summed E-state index contributed by atoms with van der Waals surface area (Å²) in [6, 6.07) is 1.91. The standard InChI is InChI=1S/C8H6N2O2S2.C2H6/c11-7(12)6-4-14-8(10-6)9-5-1-2-13-3-5;1-2/h1-4H,(H,9,10)(H,11,12);1-2H3. The summed E-state index contributed by atoms with van der Waals surface area (Å²) >= 11 is 2.85. The molecule has 4 nitrogen and oxygen atoms in total. The van der Waals surface area contributed by atoms with Crippen molar-refractivity contribution in [3.05, 3.63) is 27.9 Å². The summed E-state index contributed by atoms with van der Waals surface area (Å²) in [5.74, 6) is -1.00. The van der Waals surface area contributed by atoms with E-state index in [2.05, 4.69) is 10.3 Å². The molecule has 0 aromatic carbocycles. The second-order valence-electron chi connectivity index (χ2n) is 2.48. The van der Waals surface area contributed by atoms with Gasteiger partial charge in [-0.3, -0.25) is 0 Å². The van der Waals surface area contributed by atoms with Gasteiger partial charge in [0.1, 0.15) is 0 Å². The van der Waals surface area contributed by atoms with Crippen LogP contribution in [0.5, 0.6) is 0 Å². The maximum atomic E-state index is 10.5. The van der Waals surface area contributed by atoms with E-state index < -0.39 is 5.97 Å². The summed E-state index contributed by atoms with van der Waals surface area (Å²) in [4.78, 5) is 14.4. The van der Waals surface area contributed by atoms with Gasteiger partial charge in [0.05, 0.1) is 5.69 Å². The van der Waals surface area contributed by atoms with Gasteiger partial charge in [-0.1, -0.05) is 13.8 Å². The Balaban J connectivity index is 0.000000606. The number of rotatable bonds is 3. The highest BCUT2D eigenvalue weighted by molar-refractivity contribution is 7.14. The molecule has 0 saturated carbocycles. The number of thiophene rings is 1. The van der Waals surface area contributed by atoms with Crippen LogP contribution in [0.4, 0.5) is 10.8 Å². The van der Waals surface area contributed by atoms with Crippen LogP contribution in [-0.2, 0) is 0 Å². The van der Waals surface area contributed by atoms with Gasteiger partial charge >= 0.3 is 5.97 Å². The molecule has 0 aliphatic heterocycles. The SMILES string of the molecule is CC.O=C(O)c1csc(Nc2ccsc2)n1. The third-order valence-corrected chi connectivity index (χ3v) is 2.94. The predicted octanol–water partition coefficient (Wildman–Crippen LogP) is 3.67. The molecule has 2 N–H and O–H groups in total. The van der Waals surface area contributed by atoms with E-state index >= 15 is 0 Å². The zero-order chi connectivity index (χ0) is 12.0. The minimum atomic E-state index is -1.00. The largest absolute Gasteiger partial charge is 0.476 e. The Bertz CT molecular complexity index is 437. The third kappa shape index (κ3) is 3.32. The average molecular weight is 256 g/mol. The van der Waals surface area contributed by atoms with Crippen LogP contribution >= 0.6 is 22.7 Å². The van der Waals surface area contributed by atoms with E-state index in [9.17, 15) is 4.79 Å². The molecule has 16 heavy (non-hydrogen) atoms. The Labute approximate surface area is 102 Å². The molecule has 2 heterocycles. The van der Waals surface area contributed by atoms with Gasteiger partial charge in [0.25, 0.3) is 0 Å².